The molecule has 0 spiro atoms. The van der Waals surface area contributed by atoms with E-state index in [1.807, 2.05) is 44.2 Å². The van der Waals surface area contributed by atoms with Gasteiger partial charge in [-0.25, -0.2) is 9.78 Å². The zero-order chi connectivity index (χ0) is 26.3. The number of aromatic nitrogens is 1. The van der Waals surface area contributed by atoms with Crippen molar-refractivity contribution < 1.29 is 14.3 Å². The monoisotopic (exact) mass is 552 g/mol. The lowest BCUT2D eigenvalue weighted by molar-refractivity contribution is 0.0378. The number of hydrogen-bond donors (Lipinski definition) is 1. The minimum atomic E-state index is -0.395. The van der Waals surface area contributed by atoms with Gasteiger partial charge in [0.2, 0.25) is 0 Å². The summed E-state index contributed by atoms with van der Waals surface area (Å²) in [5.74, 6) is -0.180. The summed E-state index contributed by atoms with van der Waals surface area (Å²) < 4.78 is 5.57. The summed E-state index contributed by atoms with van der Waals surface area (Å²) in [5, 5.41) is 5.15. The van der Waals surface area contributed by atoms with Crippen LogP contribution in [0.1, 0.15) is 58.3 Å². The van der Waals surface area contributed by atoms with Crippen molar-refractivity contribution in [1.82, 2.24) is 4.98 Å². The molecule has 1 unspecified atom stereocenters. The minimum absolute atomic E-state index is 0.257. The van der Waals surface area contributed by atoms with Crippen LogP contribution in [-0.2, 0) is 17.6 Å². The quantitative estimate of drug-likeness (QED) is 0.253. The molecule has 2 heterocycles. The molecule has 1 aliphatic rings. The van der Waals surface area contributed by atoms with Gasteiger partial charge < -0.3 is 10.1 Å². The third-order valence-electron chi connectivity index (χ3n) is 6.46. The number of nitrogens with one attached hydrogen (secondary N) is 1. The number of fused-ring (bicyclic) bond motifs is 2. The number of carbonyl (C=O) groups excluding carboxylic acids is 2. The number of anilines is 1. The van der Waals surface area contributed by atoms with Crippen molar-refractivity contribution in [3.63, 3.8) is 0 Å². The van der Waals surface area contributed by atoms with Gasteiger partial charge in [-0.1, -0.05) is 54.4 Å². The highest BCUT2D eigenvalue weighted by Gasteiger charge is 2.30. The first-order valence-electron chi connectivity index (χ1n) is 12.2. The Labute approximate surface area is 229 Å². The van der Waals surface area contributed by atoms with E-state index in [1.54, 1.807) is 18.2 Å². The summed E-state index contributed by atoms with van der Waals surface area (Å²) in [7, 11) is 0. The zero-order valence-electron chi connectivity index (χ0n) is 20.7. The number of rotatable bonds is 5. The number of para-hydroxylation sites is 1. The molecule has 5 rings (SSSR count). The molecule has 0 bridgehead atoms. The van der Waals surface area contributed by atoms with Gasteiger partial charge in [0.15, 0.2) is 0 Å². The van der Waals surface area contributed by atoms with Gasteiger partial charge >= 0.3 is 5.97 Å². The van der Waals surface area contributed by atoms with Crippen LogP contribution in [-0.4, -0.2) is 23.0 Å². The van der Waals surface area contributed by atoms with Gasteiger partial charge in [-0.2, -0.15) is 0 Å². The molecule has 0 saturated heterocycles. The van der Waals surface area contributed by atoms with E-state index in [2.05, 4.69) is 12.2 Å². The van der Waals surface area contributed by atoms with Crippen LogP contribution >= 0.6 is 34.5 Å². The molecule has 37 heavy (non-hydrogen) atoms. The second-order valence-electron chi connectivity index (χ2n) is 9.67. The second-order valence-corrected chi connectivity index (χ2v) is 11.6. The first-order chi connectivity index (χ1) is 17.7. The average Bonchev–Trinajstić information content (AvgIpc) is 3.21. The third-order valence-corrected chi connectivity index (χ3v) is 8.37. The van der Waals surface area contributed by atoms with E-state index in [0.717, 1.165) is 35.3 Å². The fourth-order valence-corrected chi connectivity index (χ4v) is 6.36. The van der Waals surface area contributed by atoms with Crippen molar-refractivity contribution >= 4 is 62.3 Å². The summed E-state index contributed by atoms with van der Waals surface area (Å²) in [5.41, 5.74) is 3.96. The smallest absolute Gasteiger partial charge is 0.341 e. The SMILES string of the molecule is CC1CCc2c(sc(NC(=O)c3cc(-c4ccc(Cl)c(Cl)c4)nc4ccccc34)c2C(=O)OC(C)C)C1. The molecule has 0 saturated carbocycles. The molecule has 1 aliphatic carbocycles. The van der Waals surface area contributed by atoms with Gasteiger partial charge in [0, 0.05) is 15.8 Å². The lowest BCUT2D eigenvalue weighted by Gasteiger charge is -2.19. The lowest BCUT2D eigenvalue weighted by atomic mass is 9.88. The number of hydrogen-bond acceptors (Lipinski definition) is 5. The number of halogens is 2. The fraction of sp³-hybridized carbons (Fsp3) is 0.276. The van der Waals surface area contributed by atoms with Crippen molar-refractivity contribution in [2.75, 3.05) is 5.32 Å². The number of nitrogens with zero attached hydrogens (tertiary/aromatic N) is 1. The zero-order valence-corrected chi connectivity index (χ0v) is 23.1. The highest BCUT2D eigenvalue weighted by Crippen LogP contribution is 2.41. The maximum absolute atomic E-state index is 13.8. The Morgan fingerprint density at radius 2 is 1.89 bits per heavy atom. The number of benzene rings is 2. The van der Waals surface area contributed by atoms with Gasteiger partial charge in [0.05, 0.1) is 38.5 Å². The topological polar surface area (TPSA) is 68.3 Å². The maximum atomic E-state index is 13.8. The number of pyridine rings is 1. The molecule has 8 heteroatoms. The molecule has 1 amide bonds. The molecular formula is C29H26Cl2N2O3S. The molecule has 4 aromatic rings. The normalized spacial score (nSPS) is 15.0. The standard InChI is InChI=1S/C29H26Cl2N2O3S/c1-15(2)36-29(35)26-19-10-8-16(3)12-25(19)37-28(26)33-27(34)20-14-24(17-9-11-21(30)22(31)13-17)32-23-7-5-4-6-18(20)23/h4-7,9,11,13-16H,8,10,12H2,1-3H3,(H,33,34). The molecule has 0 radical (unpaired) electrons. The highest BCUT2D eigenvalue weighted by atomic mass is 35.5. The number of thiophene rings is 1. The van der Waals surface area contributed by atoms with Gasteiger partial charge in [0.25, 0.3) is 5.91 Å². The molecule has 2 aromatic heterocycles. The van der Waals surface area contributed by atoms with Crippen LogP contribution in [0.4, 0.5) is 5.00 Å². The van der Waals surface area contributed by atoms with Crippen molar-refractivity contribution in [3.8, 4) is 11.3 Å². The lowest BCUT2D eigenvalue weighted by Crippen LogP contribution is -2.19. The Bertz CT molecular complexity index is 1530. The first-order valence-corrected chi connectivity index (χ1v) is 13.8. The van der Waals surface area contributed by atoms with E-state index < -0.39 is 5.97 Å². The van der Waals surface area contributed by atoms with Crippen LogP contribution in [0.25, 0.3) is 22.2 Å². The van der Waals surface area contributed by atoms with Gasteiger partial charge in [-0.3, -0.25) is 4.79 Å². The van der Waals surface area contributed by atoms with Gasteiger partial charge in [0.1, 0.15) is 5.00 Å². The number of esters is 1. The highest BCUT2D eigenvalue weighted by molar-refractivity contribution is 7.17. The van der Waals surface area contributed by atoms with Crippen LogP contribution in [0.3, 0.4) is 0 Å². The van der Waals surface area contributed by atoms with E-state index in [0.29, 0.717) is 48.7 Å². The van der Waals surface area contributed by atoms with Crippen molar-refractivity contribution in [3.05, 3.63) is 80.1 Å². The van der Waals surface area contributed by atoms with E-state index in [1.165, 1.54) is 11.3 Å². The number of carbonyl (C=O) groups is 2. The van der Waals surface area contributed by atoms with E-state index in [9.17, 15) is 9.59 Å². The van der Waals surface area contributed by atoms with Crippen LogP contribution in [0.15, 0.2) is 48.5 Å². The average molecular weight is 554 g/mol. The Hall–Kier alpha value is -2.93. The van der Waals surface area contributed by atoms with Crippen LogP contribution in [0, 0.1) is 5.92 Å². The summed E-state index contributed by atoms with van der Waals surface area (Å²) in [4.78, 5) is 32.8. The Kier molecular flexibility index (Phi) is 7.26. The summed E-state index contributed by atoms with van der Waals surface area (Å²) >= 11 is 13.8. The Morgan fingerprint density at radius 1 is 1.11 bits per heavy atom. The molecule has 0 aliphatic heterocycles. The predicted molar refractivity (Wildman–Crippen MR) is 151 cm³/mol. The maximum Gasteiger partial charge on any atom is 0.341 e. The molecule has 5 nitrogen and oxygen atoms in total. The van der Waals surface area contributed by atoms with Gasteiger partial charge in [-0.15, -0.1) is 11.3 Å². The molecule has 1 atom stereocenters. The minimum Gasteiger partial charge on any atom is -0.459 e. The van der Waals surface area contributed by atoms with Crippen molar-refractivity contribution in [2.24, 2.45) is 5.92 Å². The largest absolute Gasteiger partial charge is 0.459 e. The van der Waals surface area contributed by atoms with E-state index >= 15 is 0 Å². The molecular weight excluding hydrogens is 527 g/mol. The van der Waals surface area contributed by atoms with Crippen LogP contribution < -0.4 is 5.32 Å². The second kappa shape index (κ2) is 10.4. The Morgan fingerprint density at radius 3 is 2.65 bits per heavy atom. The van der Waals surface area contributed by atoms with Crippen molar-refractivity contribution in [1.29, 1.82) is 0 Å². The predicted octanol–water partition coefficient (Wildman–Crippen LogP) is 8.21. The van der Waals surface area contributed by atoms with Gasteiger partial charge in [-0.05, 0) is 68.9 Å². The molecule has 190 valence electrons. The number of ether oxygens (including phenoxy) is 1. The molecule has 2 aromatic carbocycles. The summed E-state index contributed by atoms with van der Waals surface area (Å²) in [6, 6.07) is 14.5. The van der Waals surface area contributed by atoms with E-state index in [4.69, 9.17) is 32.9 Å². The first kappa shape index (κ1) is 25.7. The summed E-state index contributed by atoms with van der Waals surface area (Å²) in [6.07, 6.45) is 2.43. The fourth-order valence-electron chi connectivity index (χ4n) is 4.66. The molecule has 0 fully saturated rings. The Balaban J connectivity index is 1.58. The number of amides is 1. The molecule has 1 N–H and O–H groups in total. The summed E-state index contributed by atoms with van der Waals surface area (Å²) in [6.45, 7) is 5.86. The van der Waals surface area contributed by atoms with E-state index in [-0.39, 0.29) is 12.0 Å². The van der Waals surface area contributed by atoms with Crippen LogP contribution in [0.2, 0.25) is 10.0 Å². The van der Waals surface area contributed by atoms with Crippen LogP contribution in [0.5, 0.6) is 0 Å². The third kappa shape index (κ3) is 5.24. The van der Waals surface area contributed by atoms with Crippen molar-refractivity contribution in [2.45, 2.75) is 46.1 Å².